The van der Waals surface area contributed by atoms with E-state index in [0.717, 1.165) is 19.3 Å². The normalized spacial score (nSPS) is 21.9. The topological polar surface area (TPSA) is 67.8 Å². The van der Waals surface area contributed by atoms with Crippen LogP contribution in [0.4, 0.5) is 0 Å². The summed E-state index contributed by atoms with van der Waals surface area (Å²) in [5.41, 5.74) is 0.202. The van der Waals surface area contributed by atoms with Crippen molar-refractivity contribution in [3.05, 3.63) is 29.8 Å². The van der Waals surface area contributed by atoms with Crippen molar-refractivity contribution in [1.29, 1.82) is 0 Å². The molecule has 1 saturated carbocycles. The summed E-state index contributed by atoms with van der Waals surface area (Å²) in [5, 5.41) is 12.5. The second-order valence-electron chi connectivity index (χ2n) is 4.97. The Hall–Kier alpha value is -1.59. The van der Waals surface area contributed by atoms with Crippen molar-refractivity contribution in [1.82, 2.24) is 5.32 Å². The predicted molar refractivity (Wildman–Crippen MR) is 75.3 cm³/mol. The van der Waals surface area contributed by atoms with E-state index >= 15 is 0 Å². The molecule has 1 aliphatic rings. The summed E-state index contributed by atoms with van der Waals surface area (Å²) in [5.74, 6) is -0.546. The number of hydrogen-bond acceptors (Lipinski definition) is 4. The van der Waals surface area contributed by atoms with Gasteiger partial charge in [0.05, 0.1) is 6.10 Å². The van der Waals surface area contributed by atoms with Gasteiger partial charge in [-0.25, -0.2) is 4.79 Å². The van der Waals surface area contributed by atoms with Crippen molar-refractivity contribution in [2.24, 2.45) is 0 Å². The molecule has 0 aliphatic heterocycles. The molecule has 2 unspecified atom stereocenters. The van der Waals surface area contributed by atoms with E-state index < -0.39 is 5.97 Å². The summed E-state index contributed by atoms with van der Waals surface area (Å²) in [4.78, 5) is 11.0. The van der Waals surface area contributed by atoms with Gasteiger partial charge in [0.2, 0.25) is 0 Å². The molecule has 20 heavy (non-hydrogen) atoms. The highest BCUT2D eigenvalue weighted by atomic mass is 16.5. The Morgan fingerprint density at radius 1 is 1.40 bits per heavy atom. The van der Waals surface area contributed by atoms with E-state index in [1.807, 2.05) is 0 Å². The maximum atomic E-state index is 11.0. The quantitative estimate of drug-likeness (QED) is 0.746. The summed E-state index contributed by atoms with van der Waals surface area (Å²) in [6.07, 6.45) is 3.60. The van der Waals surface area contributed by atoms with E-state index in [1.54, 1.807) is 31.4 Å². The van der Waals surface area contributed by atoms with Gasteiger partial charge >= 0.3 is 5.97 Å². The van der Waals surface area contributed by atoms with Gasteiger partial charge in [0.25, 0.3) is 0 Å². The molecule has 0 heterocycles. The van der Waals surface area contributed by atoms with Gasteiger partial charge in [0.1, 0.15) is 17.9 Å². The zero-order valence-electron chi connectivity index (χ0n) is 11.7. The first-order chi connectivity index (χ1) is 9.70. The standard InChI is InChI=1S/C15H21NO4/c1-19-12-7-6-11(10-12)16-8-9-20-14-5-3-2-4-13(14)15(17)18/h2-5,11-12,16H,6-10H2,1H3,(H,17,18). The van der Waals surface area contributed by atoms with Crippen LogP contribution >= 0.6 is 0 Å². The second-order valence-corrected chi connectivity index (χ2v) is 4.97. The van der Waals surface area contributed by atoms with Crippen molar-refractivity contribution in [2.45, 2.75) is 31.4 Å². The summed E-state index contributed by atoms with van der Waals surface area (Å²) >= 11 is 0. The van der Waals surface area contributed by atoms with Crippen LogP contribution in [0.1, 0.15) is 29.6 Å². The van der Waals surface area contributed by atoms with Gasteiger partial charge in [-0.1, -0.05) is 12.1 Å². The fourth-order valence-electron chi connectivity index (χ4n) is 2.53. The van der Waals surface area contributed by atoms with Gasteiger partial charge in [-0.2, -0.15) is 0 Å². The first kappa shape index (κ1) is 14.8. The fraction of sp³-hybridized carbons (Fsp3) is 0.533. The van der Waals surface area contributed by atoms with Crippen LogP contribution in [0.5, 0.6) is 5.75 Å². The minimum absolute atomic E-state index is 0.202. The smallest absolute Gasteiger partial charge is 0.339 e. The molecule has 5 heteroatoms. The van der Waals surface area contributed by atoms with E-state index in [-0.39, 0.29) is 5.56 Å². The van der Waals surface area contributed by atoms with Crippen molar-refractivity contribution >= 4 is 5.97 Å². The van der Waals surface area contributed by atoms with E-state index in [4.69, 9.17) is 14.6 Å². The van der Waals surface area contributed by atoms with Gasteiger partial charge < -0.3 is 19.9 Å². The molecule has 1 aromatic carbocycles. The number of methoxy groups -OCH3 is 1. The molecule has 2 rings (SSSR count). The molecular weight excluding hydrogens is 258 g/mol. The summed E-state index contributed by atoms with van der Waals surface area (Å²) in [6.45, 7) is 1.16. The van der Waals surface area contributed by atoms with E-state index in [9.17, 15) is 4.79 Å². The number of aromatic carboxylic acids is 1. The van der Waals surface area contributed by atoms with Crippen LogP contribution in [-0.2, 0) is 4.74 Å². The number of carboxylic acids is 1. The third kappa shape index (κ3) is 3.95. The lowest BCUT2D eigenvalue weighted by molar-refractivity contribution is 0.0692. The number of rotatable bonds is 7. The molecule has 1 fully saturated rings. The van der Waals surface area contributed by atoms with Crippen LogP contribution in [0.3, 0.4) is 0 Å². The maximum Gasteiger partial charge on any atom is 0.339 e. The van der Waals surface area contributed by atoms with E-state index in [2.05, 4.69) is 5.32 Å². The molecule has 0 amide bonds. The number of carbonyl (C=O) groups is 1. The lowest BCUT2D eigenvalue weighted by Crippen LogP contribution is -2.31. The minimum atomic E-state index is -0.965. The van der Waals surface area contributed by atoms with Crippen molar-refractivity contribution in [2.75, 3.05) is 20.3 Å². The Labute approximate surface area is 118 Å². The molecule has 110 valence electrons. The summed E-state index contributed by atoms with van der Waals surface area (Å²) in [7, 11) is 1.75. The van der Waals surface area contributed by atoms with Crippen LogP contribution in [-0.4, -0.2) is 43.5 Å². The van der Waals surface area contributed by atoms with Gasteiger partial charge in [0, 0.05) is 19.7 Å². The molecule has 0 saturated heterocycles. The molecule has 5 nitrogen and oxygen atoms in total. The lowest BCUT2D eigenvalue weighted by atomic mass is 10.2. The number of benzene rings is 1. The van der Waals surface area contributed by atoms with Gasteiger partial charge in [-0.15, -0.1) is 0 Å². The van der Waals surface area contributed by atoms with Crippen molar-refractivity contribution < 1.29 is 19.4 Å². The Morgan fingerprint density at radius 3 is 2.90 bits per heavy atom. The summed E-state index contributed by atoms with van der Waals surface area (Å²) in [6, 6.07) is 7.16. The molecule has 0 spiro atoms. The van der Waals surface area contributed by atoms with Crippen LogP contribution in [0.2, 0.25) is 0 Å². The molecule has 0 aromatic heterocycles. The summed E-state index contributed by atoms with van der Waals surface area (Å²) < 4.78 is 10.9. The molecular formula is C15H21NO4. The molecule has 0 radical (unpaired) electrons. The van der Waals surface area contributed by atoms with Crippen molar-refractivity contribution in [3.63, 3.8) is 0 Å². The minimum Gasteiger partial charge on any atom is -0.491 e. The molecule has 2 N–H and O–H groups in total. The Balaban J connectivity index is 1.73. The Morgan fingerprint density at radius 2 is 2.20 bits per heavy atom. The third-order valence-electron chi connectivity index (χ3n) is 3.63. The first-order valence-electron chi connectivity index (χ1n) is 6.92. The number of nitrogens with one attached hydrogen (secondary N) is 1. The Kier molecular flexibility index (Phi) is 5.38. The lowest BCUT2D eigenvalue weighted by Gasteiger charge is -2.14. The van der Waals surface area contributed by atoms with Crippen molar-refractivity contribution in [3.8, 4) is 5.75 Å². The largest absolute Gasteiger partial charge is 0.491 e. The van der Waals surface area contributed by atoms with Gasteiger partial charge in [-0.3, -0.25) is 0 Å². The molecule has 2 atom stereocenters. The zero-order valence-corrected chi connectivity index (χ0v) is 11.7. The number of hydrogen-bond donors (Lipinski definition) is 2. The SMILES string of the molecule is COC1CCC(NCCOc2ccccc2C(=O)O)C1. The van der Waals surface area contributed by atoms with Crippen LogP contribution in [0.25, 0.3) is 0 Å². The molecule has 0 bridgehead atoms. The number of ether oxygens (including phenoxy) is 2. The van der Waals surface area contributed by atoms with Crippen LogP contribution in [0, 0.1) is 0 Å². The average molecular weight is 279 g/mol. The van der Waals surface area contributed by atoms with Gasteiger partial charge in [-0.05, 0) is 31.4 Å². The predicted octanol–water partition coefficient (Wildman–Crippen LogP) is 1.92. The molecule has 1 aliphatic carbocycles. The monoisotopic (exact) mass is 279 g/mol. The number of para-hydroxylation sites is 1. The second kappa shape index (κ2) is 7.26. The van der Waals surface area contributed by atoms with Gasteiger partial charge in [0.15, 0.2) is 0 Å². The highest BCUT2D eigenvalue weighted by Gasteiger charge is 2.23. The maximum absolute atomic E-state index is 11.0. The highest BCUT2D eigenvalue weighted by molar-refractivity contribution is 5.90. The Bertz CT molecular complexity index is 449. The first-order valence-corrected chi connectivity index (χ1v) is 6.92. The van der Waals surface area contributed by atoms with Crippen LogP contribution < -0.4 is 10.1 Å². The molecule has 1 aromatic rings. The highest BCUT2D eigenvalue weighted by Crippen LogP contribution is 2.21. The third-order valence-corrected chi connectivity index (χ3v) is 3.63. The number of carboxylic acid groups (broad SMARTS) is 1. The van der Waals surface area contributed by atoms with E-state index in [1.165, 1.54) is 0 Å². The van der Waals surface area contributed by atoms with Crippen LogP contribution in [0.15, 0.2) is 24.3 Å². The fourth-order valence-corrected chi connectivity index (χ4v) is 2.53. The van der Waals surface area contributed by atoms with E-state index in [0.29, 0.717) is 31.0 Å². The zero-order chi connectivity index (χ0) is 14.4. The average Bonchev–Trinajstić information content (AvgIpc) is 2.92.